The van der Waals surface area contributed by atoms with Crippen LogP contribution in [-0.2, 0) is 0 Å². The summed E-state index contributed by atoms with van der Waals surface area (Å²) in [4.78, 5) is 16.2. The highest BCUT2D eigenvalue weighted by Gasteiger charge is 2.18. The molecule has 1 heterocycles. The Morgan fingerprint density at radius 3 is 2.32 bits per heavy atom. The molecule has 1 fully saturated rings. The average Bonchev–Trinajstić information content (AvgIpc) is 3.09. The first-order valence-corrected chi connectivity index (χ1v) is 7.54. The van der Waals surface area contributed by atoms with E-state index in [1.165, 1.54) is 35.6 Å². The Bertz CT molecular complexity index is 663. The molecule has 0 aliphatic carbocycles. The minimum atomic E-state index is -0.493. The lowest BCUT2D eigenvalue weighted by molar-refractivity contribution is 0.0989. The number of anilines is 2. The molecule has 0 aromatic heterocycles. The summed E-state index contributed by atoms with van der Waals surface area (Å²) < 4.78 is 13.7. The second-order valence-electron chi connectivity index (χ2n) is 5.55. The standard InChI is InChI=1S/C18H19FN2O/c1-20(18(22)16-6-2-3-7-17(16)19)14-8-10-15(11-9-14)21-12-4-5-13-21/h2-3,6-11H,4-5,12-13H2,1H3. The molecule has 114 valence electrons. The fourth-order valence-electron chi connectivity index (χ4n) is 2.79. The molecule has 0 atom stereocenters. The van der Waals surface area contributed by atoms with Gasteiger partial charge in [-0.15, -0.1) is 0 Å². The second kappa shape index (κ2) is 6.18. The number of hydrogen-bond acceptors (Lipinski definition) is 2. The summed E-state index contributed by atoms with van der Waals surface area (Å²) in [6.07, 6.45) is 2.46. The number of carbonyl (C=O) groups is 1. The highest BCUT2D eigenvalue weighted by atomic mass is 19.1. The van der Waals surface area contributed by atoms with E-state index in [0.717, 1.165) is 18.8 Å². The molecular weight excluding hydrogens is 279 g/mol. The van der Waals surface area contributed by atoms with Gasteiger partial charge in [-0.3, -0.25) is 4.79 Å². The van der Waals surface area contributed by atoms with Crippen LogP contribution in [0.3, 0.4) is 0 Å². The third kappa shape index (κ3) is 2.82. The van der Waals surface area contributed by atoms with Crippen LogP contribution in [0.5, 0.6) is 0 Å². The van der Waals surface area contributed by atoms with Crippen molar-refractivity contribution in [3.63, 3.8) is 0 Å². The van der Waals surface area contributed by atoms with Gasteiger partial charge in [0.25, 0.3) is 5.91 Å². The molecule has 22 heavy (non-hydrogen) atoms. The fraction of sp³-hybridized carbons (Fsp3) is 0.278. The molecule has 1 aliphatic heterocycles. The zero-order valence-electron chi connectivity index (χ0n) is 12.6. The first-order chi connectivity index (χ1) is 10.7. The highest BCUT2D eigenvalue weighted by molar-refractivity contribution is 6.05. The summed E-state index contributed by atoms with van der Waals surface area (Å²) in [5, 5.41) is 0. The smallest absolute Gasteiger partial charge is 0.260 e. The van der Waals surface area contributed by atoms with Crippen LogP contribution in [0.2, 0.25) is 0 Å². The lowest BCUT2D eigenvalue weighted by atomic mass is 10.1. The highest BCUT2D eigenvalue weighted by Crippen LogP contribution is 2.24. The molecule has 1 aliphatic rings. The molecule has 0 bridgehead atoms. The normalized spacial score (nSPS) is 14.2. The Morgan fingerprint density at radius 1 is 1.05 bits per heavy atom. The van der Waals surface area contributed by atoms with Crippen LogP contribution in [0.25, 0.3) is 0 Å². The van der Waals surface area contributed by atoms with Crippen LogP contribution < -0.4 is 9.80 Å². The summed E-state index contributed by atoms with van der Waals surface area (Å²) in [6.45, 7) is 2.17. The first-order valence-electron chi connectivity index (χ1n) is 7.54. The summed E-state index contributed by atoms with van der Waals surface area (Å²) in [6, 6.07) is 13.9. The van der Waals surface area contributed by atoms with Crippen molar-refractivity contribution in [1.29, 1.82) is 0 Å². The summed E-state index contributed by atoms with van der Waals surface area (Å²) in [5.74, 6) is -0.833. The van der Waals surface area contributed by atoms with Gasteiger partial charge in [-0.2, -0.15) is 0 Å². The van der Waals surface area contributed by atoms with E-state index < -0.39 is 5.82 Å². The minimum Gasteiger partial charge on any atom is -0.372 e. The lowest BCUT2D eigenvalue weighted by Gasteiger charge is -2.21. The van der Waals surface area contributed by atoms with Crippen molar-refractivity contribution in [2.45, 2.75) is 12.8 Å². The van der Waals surface area contributed by atoms with E-state index in [1.54, 1.807) is 19.2 Å². The molecule has 0 spiro atoms. The molecule has 3 rings (SSSR count). The Hall–Kier alpha value is -2.36. The van der Waals surface area contributed by atoms with E-state index in [2.05, 4.69) is 4.90 Å². The number of benzene rings is 2. The van der Waals surface area contributed by atoms with Gasteiger partial charge in [0.2, 0.25) is 0 Å². The van der Waals surface area contributed by atoms with Gasteiger partial charge >= 0.3 is 0 Å². The zero-order chi connectivity index (χ0) is 15.5. The van der Waals surface area contributed by atoms with Gasteiger partial charge < -0.3 is 9.80 Å². The quantitative estimate of drug-likeness (QED) is 0.862. The van der Waals surface area contributed by atoms with Crippen molar-refractivity contribution in [3.05, 3.63) is 59.9 Å². The third-order valence-electron chi connectivity index (χ3n) is 4.12. The molecule has 0 N–H and O–H groups in total. The van der Waals surface area contributed by atoms with Crippen LogP contribution in [0.4, 0.5) is 15.8 Å². The van der Waals surface area contributed by atoms with Crippen LogP contribution in [0.1, 0.15) is 23.2 Å². The van der Waals surface area contributed by atoms with Crippen LogP contribution in [-0.4, -0.2) is 26.0 Å². The summed E-state index contributed by atoms with van der Waals surface area (Å²) in [5.41, 5.74) is 2.03. The van der Waals surface area contributed by atoms with Gasteiger partial charge in [0.15, 0.2) is 0 Å². The number of amides is 1. The van der Waals surface area contributed by atoms with Crippen LogP contribution >= 0.6 is 0 Å². The second-order valence-corrected chi connectivity index (χ2v) is 5.55. The molecule has 0 saturated carbocycles. The van der Waals surface area contributed by atoms with E-state index in [4.69, 9.17) is 0 Å². The maximum atomic E-state index is 13.7. The van der Waals surface area contributed by atoms with Crippen molar-refractivity contribution in [2.75, 3.05) is 29.9 Å². The van der Waals surface area contributed by atoms with Gasteiger partial charge in [-0.05, 0) is 49.2 Å². The molecule has 2 aromatic rings. The van der Waals surface area contributed by atoms with Crippen molar-refractivity contribution in [1.82, 2.24) is 0 Å². The molecule has 1 saturated heterocycles. The maximum Gasteiger partial charge on any atom is 0.260 e. The molecule has 2 aromatic carbocycles. The molecule has 4 heteroatoms. The van der Waals surface area contributed by atoms with Gasteiger partial charge in [0.1, 0.15) is 5.82 Å². The van der Waals surface area contributed by atoms with Gasteiger partial charge in [-0.1, -0.05) is 12.1 Å². The predicted octanol–water partition coefficient (Wildman–Crippen LogP) is 3.70. The van der Waals surface area contributed by atoms with E-state index >= 15 is 0 Å². The van der Waals surface area contributed by atoms with Crippen LogP contribution in [0, 0.1) is 5.82 Å². The number of rotatable bonds is 3. The van der Waals surface area contributed by atoms with Crippen LogP contribution in [0.15, 0.2) is 48.5 Å². The van der Waals surface area contributed by atoms with E-state index in [9.17, 15) is 9.18 Å². The van der Waals surface area contributed by atoms with Crippen molar-refractivity contribution in [2.24, 2.45) is 0 Å². The molecule has 0 unspecified atom stereocenters. The maximum absolute atomic E-state index is 13.7. The molecule has 1 amide bonds. The Balaban J connectivity index is 1.78. The van der Waals surface area contributed by atoms with E-state index in [-0.39, 0.29) is 11.5 Å². The van der Waals surface area contributed by atoms with Gasteiger partial charge in [0.05, 0.1) is 5.56 Å². The average molecular weight is 298 g/mol. The minimum absolute atomic E-state index is 0.0913. The first kappa shape index (κ1) is 14.6. The zero-order valence-corrected chi connectivity index (χ0v) is 12.6. The number of hydrogen-bond donors (Lipinski definition) is 0. The number of halogens is 1. The van der Waals surface area contributed by atoms with E-state index in [0.29, 0.717) is 0 Å². The molecule has 3 nitrogen and oxygen atoms in total. The van der Waals surface area contributed by atoms with Crippen molar-refractivity contribution >= 4 is 17.3 Å². The van der Waals surface area contributed by atoms with E-state index in [1.807, 2.05) is 24.3 Å². The molecular formula is C18H19FN2O. The molecule has 0 radical (unpaired) electrons. The predicted molar refractivity (Wildman–Crippen MR) is 87.0 cm³/mol. The van der Waals surface area contributed by atoms with Crippen molar-refractivity contribution < 1.29 is 9.18 Å². The lowest BCUT2D eigenvalue weighted by Crippen LogP contribution is -2.27. The number of carbonyl (C=O) groups excluding carboxylic acids is 1. The largest absolute Gasteiger partial charge is 0.372 e. The van der Waals surface area contributed by atoms with Gasteiger partial charge in [-0.25, -0.2) is 4.39 Å². The summed E-state index contributed by atoms with van der Waals surface area (Å²) >= 11 is 0. The number of nitrogens with zero attached hydrogens (tertiary/aromatic N) is 2. The van der Waals surface area contributed by atoms with Gasteiger partial charge in [0, 0.05) is 31.5 Å². The Labute approximate surface area is 130 Å². The topological polar surface area (TPSA) is 23.6 Å². The third-order valence-corrected chi connectivity index (χ3v) is 4.12. The fourth-order valence-corrected chi connectivity index (χ4v) is 2.79. The Kier molecular flexibility index (Phi) is 4.09. The SMILES string of the molecule is CN(C(=O)c1ccccc1F)c1ccc(N2CCCC2)cc1. The Morgan fingerprint density at radius 2 is 1.68 bits per heavy atom. The summed E-state index contributed by atoms with van der Waals surface area (Å²) in [7, 11) is 1.67. The monoisotopic (exact) mass is 298 g/mol. The van der Waals surface area contributed by atoms with Crippen molar-refractivity contribution in [3.8, 4) is 0 Å².